The van der Waals surface area contributed by atoms with Crippen molar-refractivity contribution >= 4 is 23.6 Å². The van der Waals surface area contributed by atoms with Crippen molar-refractivity contribution in [1.29, 1.82) is 0 Å². The Balaban J connectivity index is 1.58. The molecule has 1 aromatic carbocycles. The molecule has 2 atom stereocenters. The third-order valence-corrected chi connectivity index (χ3v) is 4.52. The van der Waals surface area contributed by atoms with Crippen LogP contribution in [0.3, 0.4) is 0 Å². The van der Waals surface area contributed by atoms with E-state index in [0.717, 1.165) is 12.0 Å². The van der Waals surface area contributed by atoms with Gasteiger partial charge in [0.2, 0.25) is 5.91 Å². The quantitative estimate of drug-likeness (QED) is 0.823. The summed E-state index contributed by atoms with van der Waals surface area (Å²) in [5, 5.41) is 4.88. The number of cyclic esters (lactones) is 1. The standard InChI is InChI=1S/C17H19F2N3O4/c18-15(19)16(24)21-8-13-9-22(17(25)26-13)12-4-1-10(2-5-12)11-3-6-14(23)20-7-11/h1-2,4-5,11,13,15H,3,6-9H2,(H,20,23)(H,21,24)/t11?,13-/m0/s1. The average molecular weight is 367 g/mol. The predicted molar refractivity (Wildman–Crippen MR) is 88.1 cm³/mol. The monoisotopic (exact) mass is 367 g/mol. The second kappa shape index (κ2) is 7.67. The number of ether oxygens (including phenoxy) is 1. The summed E-state index contributed by atoms with van der Waals surface area (Å²) in [6, 6.07) is 7.37. The Kier molecular flexibility index (Phi) is 5.34. The summed E-state index contributed by atoms with van der Waals surface area (Å²) in [5.74, 6) is -1.09. The highest BCUT2D eigenvalue weighted by Crippen LogP contribution is 2.27. The lowest BCUT2D eigenvalue weighted by Gasteiger charge is -2.23. The lowest BCUT2D eigenvalue weighted by atomic mass is 9.91. The minimum Gasteiger partial charge on any atom is -0.442 e. The molecule has 140 valence electrons. The van der Waals surface area contributed by atoms with Crippen molar-refractivity contribution in [2.24, 2.45) is 0 Å². The highest BCUT2D eigenvalue weighted by Gasteiger charge is 2.33. The number of anilines is 1. The Bertz CT molecular complexity index is 686. The topological polar surface area (TPSA) is 87.7 Å². The molecule has 3 amide bonds. The first-order valence-corrected chi connectivity index (χ1v) is 8.34. The van der Waals surface area contributed by atoms with Gasteiger partial charge in [0.15, 0.2) is 0 Å². The fraction of sp³-hybridized carbons (Fsp3) is 0.471. The maximum absolute atomic E-state index is 12.2. The van der Waals surface area contributed by atoms with Gasteiger partial charge in [0.1, 0.15) is 6.10 Å². The first-order chi connectivity index (χ1) is 12.4. The molecular weight excluding hydrogens is 348 g/mol. The minimum atomic E-state index is -3.10. The van der Waals surface area contributed by atoms with Crippen molar-refractivity contribution in [2.45, 2.75) is 31.3 Å². The Labute approximate surface area is 148 Å². The first-order valence-electron chi connectivity index (χ1n) is 8.34. The molecule has 9 heteroatoms. The summed E-state index contributed by atoms with van der Waals surface area (Å²) in [7, 11) is 0. The molecule has 3 rings (SSSR count). The van der Waals surface area contributed by atoms with Crippen LogP contribution in [-0.2, 0) is 14.3 Å². The number of nitrogens with zero attached hydrogens (tertiary/aromatic N) is 1. The van der Waals surface area contributed by atoms with Crippen LogP contribution in [0.4, 0.5) is 19.3 Å². The van der Waals surface area contributed by atoms with E-state index < -0.39 is 24.5 Å². The second-order valence-corrected chi connectivity index (χ2v) is 6.29. The lowest BCUT2D eigenvalue weighted by Crippen LogP contribution is -2.37. The van der Waals surface area contributed by atoms with Gasteiger partial charge in [-0.25, -0.2) is 4.79 Å². The van der Waals surface area contributed by atoms with Gasteiger partial charge in [-0.2, -0.15) is 8.78 Å². The van der Waals surface area contributed by atoms with Crippen molar-refractivity contribution in [2.75, 3.05) is 24.5 Å². The van der Waals surface area contributed by atoms with Gasteiger partial charge in [-0.3, -0.25) is 14.5 Å². The van der Waals surface area contributed by atoms with E-state index in [-0.39, 0.29) is 24.9 Å². The van der Waals surface area contributed by atoms with Gasteiger partial charge < -0.3 is 15.4 Å². The Morgan fingerprint density at radius 1 is 1.31 bits per heavy atom. The Morgan fingerprint density at radius 2 is 2.04 bits per heavy atom. The number of nitrogens with one attached hydrogen (secondary N) is 2. The lowest BCUT2D eigenvalue weighted by molar-refractivity contribution is -0.132. The number of benzene rings is 1. The number of alkyl halides is 2. The summed E-state index contributed by atoms with van der Waals surface area (Å²) < 4.78 is 29.5. The normalized spacial score (nSPS) is 23.0. The molecule has 1 unspecified atom stereocenters. The molecule has 2 heterocycles. The molecular formula is C17H19F2N3O4. The molecule has 0 spiro atoms. The van der Waals surface area contributed by atoms with Crippen molar-refractivity contribution in [3.05, 3.63) is 29.8 Å². The molecule has 26 heavy (non-hydrogen) atoms. The number of hydrogen-bond acceptors (Lipinski definition) is 4. The van der Waals surface area contributed by atoms with Crippen LogP contribution in [0.15, 0.2) is 24.3 Å². The molecule has 2 saturated heterocycles. The number of carbonyl (C=O) groups excluding carboxylic acids is 3. The second-order valence-electron chi connectivity index (χ2n) is 6.29. The molecule has 0 aromatic heterocycles. The van der Waals surface area contributed by atoms with E-state index in [1.807, 2.05) is 17.4 Å². The van der Waals surface area contributed by atoms with E-state index in [4.69, 9.17) is 4.74 Å². The molecule has 2 aliphatic heterocycles. The molecule has 0 saturated carbocycles. The van der Waals surface area contributed by atoms with Crippen LogP contribution in [-0.4, -0.2) is 50.1 Å². The number of rotatable bonds is 5. The van der Waals surface area contributed by atoms with Crippen LogP contribution in [0.25, 0.3) is 0 Å². The number of carbonyl (C=O) groups is 3. The molecule has 0 bridgehead atoms. The molecule has 0 aliphatic carbocycles. The fourth-order valence-electron chi connectivity index (χ4n) is 3.07. The smallest absolute Gasteiger partial charge is 0.414 e. The predicted octanol–water partition coefficient (Wildman–Crippen LogP) is 1.39. The zero-order chi connectivity index (χ0) is 18.7. The SMILES string of the molecule is O=C1CCC(c2ccc(N3C[C@H](CNC(=O)C(F)F)OC3=O)cc2)CN1. The van der Waals surface area contributed by atoms with Crippen LogP contribution >= 0.6 is 0 Å². The number of hydrogen-bond donors (Lipinski definition) is 2. The van der Waals surface area contributed by atoms with Gasteiger partial charge in [-0.05, 0) is 24.1 Å². The summed E-state index contributed by atoms with van der Waals surface area (Å²) in [4.78, 5) is 35.5. The molecule has 0 radical (unpaired) electrons. The van der Waals surface area contributed by atoms with E-state index in [1.165, 1.54) is 4.90 Å². The van der Waals surface area contributed by atoms with Gasteiger partial charge >= 0.3 is 12.5 Å². The summed E-state index contributed by atoms with van der Waals surface area (Å²) >= 11 is 0. The van der Waals surface area contributed by atoms with E-state index in [9.17, 15) is 23.2 Å². The molecule has 2 aliphatic rings. The summed E-state index contributed by atoms with van der Waals surface area (Å²) in [6.07, 6.45) is -3.09. The molecule has 7 nitrogen and oxygen atoms in total. The van der Waals surface area contributed by atoms with Gasteiger partial charge in [0.25, 0.3) is 5.91 Å². The van der Waals surface area contributed by atoms with E-state index in [2.05, 4.69) is 5.32 Å². The van der Waals surface area contributed by atoms with E-state index in [1.54, 1.807) is 12.1 Å². The van der Waals surface area contributed by atoms with E-state index >= 15 is 0 Å². The molecule has 2 fully saturated rings. The third kappa shape index (κ3) is 4.09. The van der Waals surface area contributed by atoms with Crippen molar-refractivity contribution in [3.8, 4) is 0 Å². The Hall–Kier alpha value is -2.71. The fourth-order valence-corrected chi connectivity index (χ4v) is 3.07. The molecule has 2 N–H and O–H groups in total. The van der Waals surface area contributed by atoms with Crippen molar-refractivity contribution in [1.82, 2.24) is 10.6 Å². The zero-order valence-electron chi connectivity index (χ0n) is 13.9. The highest BCUT2D eigenvalue weighted by atomic mass is 19.3. The van der Waals surface area contributed by atoms with Gasteiger partial charge in [0.05, 0.1) is 13.1 Å². The highest BCUT2D eigenvalue weighted by molar-refractivity contribution is 5.90. The number of piperidine rings is 1. The first kappa shape index (κ1) is 18.1. The van der Waals surface area contributed by atoms with E-state index in [0.29, 0.717) is 18.7 Å². The van der Waals surface area contributed by atoms with Crippen LogP contribution in [0, 0.1) is 0 Å². The largest absolute Gasteiger partial charge is 0.442 e. The Morgan fingerprint density at radius 3 is 2.65 bits per heavy atom. The van der Waals surface area contributed by atoms with Crippen LogP contribution in [0.5, 0.6) is 0 Å². The minimum absolute atomic E-state index is 0.0580. The van der Waals surface area contributed by atoms with Crippen LogP contribution < -0.4 is 15.5 Å². The maximum atomic E-state index is 12.2. The van der Waals surface area contributed by atoms with Crippen LogP contribution in [0.1, 0.15) is 24.3 Å². The summed E-state index contributed by atoms with van der Waals surface area (Å²) in [6.45, 7) is 0.600. The molecule has 1 aromatic rings. The number of amides is 3. The van der Waals surface area contributed by atoms with Crippen molar-refractivity contribution in [3.63, 3.8) is 0 Å². The number of halogens is 2. The van der Waals surface area contributed by atoms with Gasteiger partial charge in [0, 0.05) is 24.6 Å². The summed E-state index contributed by atoms with van der Waals surface area (Å²) in [5.41, 5.74) is 1.70. The van der Waals surface area contributed by atoms with Crippen molar-refractivity contribution < 1.29 is 27.9 Å². The van der Waals surface area contributed by atoms with Crippen LogP contribution in [0.2, 0.25) is 0 Å². The average Bonchev–Trinajstić information content (AvgIpc) is 3.01. The third-order valence-electron chi connectivity index (χ3n) is 4.52. The van der Waals surface area contributed by atoms with Gasteiger partial charge in [-0.1, -0.05) is 12.1 Å². The van der Waals surface area contributed by atoms with Gasteiger partial charge in [-0.15, -0.1) is 0 Å². The zero-order valence-corrected chi connectivity index (χ0v) is 13.9. The maximum Gasteiger partial charge on any atom is 0.414 e.